The second-order valence-electron chi connectivity index (χ2n) is 3.33. The lowest BCUT2D eigenvalue weighted by atomic mass is 10.0. The Hall–Kier alpha value is -1.20. The topological polar surface area (TPSA) is 66.4 Å². The van der Waals surface area contributed by atoms with Crippen molar-refractivity contribution in [1.82, 2.24) is 5.32 Å². The summed E-state index contributed by atoms with van der Waals surface area (Å²) in [6.45, 7) is 3.48. The number of aliphatic carboxylic acids is 1. The number of nitrogens with one attached hydrogen (secondary N) is 1. The van der Waals surface area contributed by atoms with Crippen molar-refractivity contribution < 1.29 is 23.5 Å². The molecule has 1 amide bonds. The van der Waals surface area contributed by atoms with Crippen molar-refractivity contribution in [2.75, 3.05) is 0 Å². The number of hydrogen-bond donors (Lipinski definition) is 2. The van der Waals surface area contributed by atoms with Crippen LogP contribution in [0.5, 0.6) is 0 Å². The van der Waals surface area contributed by atoms with Crippen LogP contribution in [0, 0.1) is 5.92 Å². The molecule has 0 aliphatic heterocycles. The molecule has 0 saturated heterocycles. The summed E-state index contributed by atoms with van der Waals surface area (Å²) in [5.41, 5.74) is 0. The summed E-state index contributed by atoms with van der Waals surface area (Å²) in [5.74, 6) is -2.83. The zero-order chi connectivity index (χ0) is 11.3. The highest BCUT2D eigenvalue weighted by Crippen LogP contribution is 2.05. The summed E-state index contributed by atoms with van der Waals surface area (Å²) in [6.07, 6.45) is -3.04. The van der Waals surface area contributed by atoms with Crippen LogP contribution in [0.1, 0.15) is 20.3 Å². The normalized spacial score (nSPS) is 13.0. The highest BCUT2D eigenvalue weighted by Gasteiger charge is 2.25. The Labute approximate surface area is 80.3 Å². The van der Waals surface area contributed by atoms with Gasteiger partial charge in [-0.3, -0.25) is 4.79 Å². The average molecular weight is 209 g/mol. The number of hydrogen-bond acceptors (Lipinski definition) is 2. The van der Waals surface area contributed by atoms with Gasteiger partial charge in [-0.25, -0.2) is 4.79 Å². The van der Waals surface area contributed by atoms with Crippen LogP contribution in [0.3, 0.4) is 0 Å². The molecule has 82 valence electrons. The third-order valence-corrected chi connectivity index (χ3v) is 1.52. The maximum absolute atomic E-state index is 11.8. The van der Waals surface area contributed by atoms with E-state index in [1.807, 2.05) is 0 Å². The van der Waals surface area contributed by atoms with Crippen LogP contribution in [-0.2, 0) is 9.59 Å². The Morgan fingerprint density at radius 2 is 1.86 bits per heavy atom. The van der Waals surface area contributed by atoms with Gasteiger partial charge >= 0.3 is 12.4 Å². The number of carboxylic acids is 1. The third-order valence-electron chi connectivity index (χ3n) is 1.52. The van der Waals surface area contributed by atoms with Crippen LogP contribution in [0.15, 0.2) is 0 Å². The number of carboxylic acid groups (broad SMARTS) is 1. The number of carbonyl (C=O) groups is 2. The maximum Gasteiger partial charge on any atom is 0.326 e. The first-order valence-electron chi connectivity index (χ1n) is 4.16. The number of carbonyl (C=O) groups excluding carboxylic acids is 1. The predicted octanol–water partition coefficient (Wildman–Crippen LogP) is 0.867. The Bertz CT molecular complexity index is 219. The summed E-state index contributed by atoms with van der Waals surface area (Å²) in [4.78, 5) is 21.0. The van der Waals surface area contributed by atoms with Gasteiger partial charge in [-0.05, 0) is 12.3 Å². The van der Waals surface area contributed by atoms with Gasteiger partial charge in [0.05, 0.1) is 0 Å². The first kappa shape index (κ1) is 12.8. The van der Waals surface area contributed by atoms with Crippen molar-refractivity contribution in [2.24, 2.45) is 5.92 Å². The highest BCUT2D eigenvalue weighted by molar-refractivity contribution is 5.85. The average Bonchev–Trinajstić information content (AvgIpc) is 2.01. The molecule has 0 saturated carbocycles. The van der Waals surface area contributed by atoms with Gasteiger partial charge in [-0.15, -0.1) is 0 Å². The van der Waals surface area contributed by atoms with Gasteiger partial charge in [0.25, 0.3) is 5.91 Å². The molecule has 14 heavy (non-hydrogen) atoms. The molecular formula is C8H13F2NO3. The molecule has 4 nitrogen and oxygen atoms in total. The molecule has 0 aliphatic carbocycles. The van der Waals surface area contributed by atoms with E-state index < -0.39 is 24.3 Å². The Morgan fingerprint density at radius 3 is 2.14 bits per heavy atom. The van der Waals surface area contributed by atoms with Crippen molar-refractivity contribution in [1.29, 1.82) is 0 Å². The maximum atomic E-state index is 11.8. The molecule has 0 bridgehead atoms. The monoisotopic (exact) mass is 209 g/mol. The quantitative estimate of drug-likeness (QED) is 0.705. The number of alkyl halides is 2. The molecular weight excluding hydrogens is 196 g/mol. The minimum Gasteiger partial charge on any atom is -0.480 e. The van der Waals surface area contributed by atoms with Crippen molar-refractivity contribution in [3.05, 3.63) is 0 Å². The van der Waals surface area contributed by atoms with E-state index in [2.05, 4.69) is 0 Å². The van der Waals surface area contributed by atoms with Crippen molar-refractivity contribution in [3.8, 4) is 0 Å². The van der Waals surface area contributed by atoms with E-state index in [0.717, 1.165) is 0 Å². The molecule has 6 heteroatoms. The molecule has 0 aromatic carbocycles. The van der Waals surface area contributed by atoms with Crippen molar-refractivity contribution in [2.45, 2.75) is 32.7 Å². The molecule has 0 aliphatic rings. The third kappa shape index (κ3) is 4.74. The first-order valence-corrected chi connectivity index (χ1v) is 4.16. The Morgan fingerprint density at radius 1 is 1.36 bits per heavy atom. The van der Waals surface area contributed by atoms with Gasteiger partial charge in [0.15, 0.2) is 0 Å². The minimum atomic E-state index is -3.18. The first-order chi connectivity index (χ1) is 6.34. The Kier molecular flexibility index (Phi) is 5.04. The Balaban J connectivity index is 4.23. The van der Waals surface area contributed by atoms with E-state index >= 15 is 0 Å². The molecule has 0 radical (unpaired) electrons. The van der Waals surface area contributed by atoms with Crippen LogP contribution in [-0.4, -0.2) is 29.5 Å². The molecule has 0 aromatic heterocycles. The molecule has 0 spiro atoms. The smallest absolute Gasteiger partial charge is 0.326 e. The summed E-state index contributed by atoms with van der Waals surface area (Å²) in [6, 6.07) is -1.24. The summed E-state index contributed by atoms with van der Waals surface area (Å²) >= 11 is 0. The zero-order valence-corrected chi connectivity index (χ0v) is 7.96. The molecule has 0 rings (SSSR count). The van der Waals surface area contributed by atoms with Gasteiger partial charge in [-0.1, -0.05) is 13.8 Å². The van der Waals surface area contributed by atoms with E-state index in [1.165, 1.54) is 0 Å². The van der Waals surface area contributed by atoms with Crippen LogP contribution < -0.4 is 5.32 Å². The number of rotatable bonds is 5. The van der Waals surface area contributed by atoms with E-state index in [1.54, 1.807) is 19.2 Å². The van der Waals surface area contributed by atoms with E-state index in [4.69, 9.17) is 5.11 Å². The summed E-state index contributed by atoms with van der Waals surface area (Å²) < 4.78 is 23.6. The van der Waals surface area contributed by atoms with Gasteiger partial charge in [-0.2, -0.15) is 8.78 Å². The standard InChI is InChI=1S/C8H13F2NO3/c1-4(2)3-5(8(13)14)11-7(12)6(9)10/h4-6H,3H2,1-2H3,(H,11,12)(H,13,14)/t5-/m0/s1. The van der Waals surface area contributed by atoms with Crippen LogP contribution >= 0.6 is 0 Å². The molecule has 0 unspecified atom stereocenters. The van der Waals surface area contributed by atoms with Crippen molar-refractivity contribution in [3.63, 3.8) is 0 Å². The largest absolute Gasteiger partial charge is 0.480 e. The van der Waals surface area contributed by atoms with Crippen LogP contribution in [0.25, 0.3) is 0 Å². The minimum absolute atomic E-state index is 0.00840. The fourth-order valence-electron chi connectivity index (χ4n) is 0.928. The SMILES string of the molecule is CC(C)C[C@H](NC(=O)C(F)F)C(=O)O. The molecule has 1 atom stereocenters. The fourth-order valence-corrected chi connectivity index (χ4v) is 0.928. The van der Waals surface area contributed by atoms with E-state index in [-0.39, 0.29) is 12.3 Å². The number of amides is 1. The molecule has 0 heterocycles. The lowest BCUT2D eigenvalue weighted by Crippen LogP contribution is -2.44. The number of halogens is 2. The van der Waals surface area contributed by atoms with Gasteiger partial charge in [0, 0.05) is 0 Å². The lowest BCUT2D eigenvalue weighted by Gasteiger charge is -2.15. The van der Waals surface area contributed by atoms with Crippen molar-refractivity contribution >= 4 is 11.9 Å². The van der Waals surface area contributed by atoms with Crippen LogP contribution in [0.2, 0.25) is 0 Å². The van der Waals surface area contributed by atoms with Gasteiger partial charge < -0.3 is 10.4 Å². The van der Waals surface area contributed by atoms with Gasteiger partial charge in [0.1, 0.15) is 6.04 Å². The predicted molar refractivity (Wildman–Crippen MR) is 45.0 cm³/mol. The van der Waals surface area contributed by atoms with E-state index in [0.29, 0.717) is 0 Å². The summed E-state index contributed by atoms with van der Waals surface area (Å²) in [5, 5.41) is 10.4. The molecule has 0 fully saturated rings. The second-order valence-corrected chi connectivity index (χ2v) is 3.33. The lowest BCUT2D eigenvalue weighted by molar-refractivity contribution is -0.144. The summed E-state index contributed by atoms with van der Waals surface area (Å²) in [7, 11) is 0. The van der Waals surface area contributed by atoms with Crippen LogP contribution in [0.4, 0.5) is 8.78 Å². The zero-order valence-electron chi connectivity index (χ0n) is 7.96. The molecule has 2 N–H and O–H groups in total. The second kappa shape index (κ2) is 5.51. The molecule has 0 aromatic rings. The van der Waals surface area contributed by atoms with E-state index in [9.17, 15) is 18.4 Å². The highest BCUT2D eigenvalue weighted by atomic mass is 19.3. The fraction of sp³-hybridized carbons (Fsp3) is 0.750. The van der Waals surface area contributed by atoms with Gasteiger partial charge in [0.2, 0.25) is 0 Å².